The Morgan fingerprint density at radius 3 is 2.77 bits per heavy atom. The van der Waals surface area contributed by atoms with Gasteiger partial charge in [-0.1, -0.05) is 18.2 Å². The zero-order chi connectivity index (χ0) is 15.5. The van der Waals surface area contributed by atoms with E-state index >= 15 is 0 Å². The number of nitro benzene ring substituents is 1. The molecule has 0 amide bonds. The molecule has 1 aliphatic heterocycles. The Bertz CT molecular complexity index is 710. The van der Waals surface area contributed by atoms with Gasteiger partial charge in [-0.3, -0.25) is 10.1 Å². The molecule has 0 bridgehead atoms. The first-order valence-corrected chi connectivity index (χ1v) is 8.77. The number of thioether (sulfide) groups is 1. The van der Waals surface area contributed by atoms with Gasteiger partial charge in [0, 0.05) is 28.2 Å². The molecule has 1 aromatic heterocycles. The predicted molar refractivity (Wildman–Crippen MR) is 90.9 cm³/mol. The van der Waals surface area contributed by atoms with Crippen LogP contribution in [0.5, 0.6) is 0 Å². The molecule has 1 aromatic carbocycles. The summed E-state index contributed by atoms with van der Waals surface area (Å²) in [7, 11) is 0. The van der Waals surface area contributed by atoms with Crippen molar-refractivity contribution in [1.29, 1.82) is 0 Å². The molecule has 7 heteroatoms. The van der Waals surface area contributed by atoms with Crippen molar-refractivity contribution in [2.45, 2.75) is 18.9 Å². The van der Waals surface area contributed by atoms with E-state index in [0.29, 0.717) is 6.42 Å². The molecule has 0 saturated heterocycles. The fourth-order valence-electron chi connectivity index (χ4n) is 2.25. The highest BCUT2D eigenvalue weighted by Gasteiger charge is 2.16. The summed E-state index contributed by atoms with van der Waals surface area (Å²) in [5.41, 5.74) is 8.17. The molecule has 1 aliphatic rings. The molecule has 0 aliphatic carbocycles. The number of rotatable bonds is 5. The number of aromatic nitrogens is 1. The molecule has 3 rings (SSSR count). The normalized spacial score (nSPS) is 15.6. The van der Waals surface area contributed by atoms with Gasteiger partial charge in [0.05, 0.1) is 16.7 Å². The lowest BCUT2D eigenvalue weighted by molar-refractivity contribution is -0.384. The molecule has 2 heterocycles. The molecule has 0 saturated carbocycles. The van der Waals surface area contributed by atoms with Gasteiger partial charge >= 0.3 is 0 Å². The second-order valence-electron chi connectivity index (χ2n) is 5.02. The smallest absolute Gasteiger partial charge is 0.269 e. The van der Waals surface area contributed by atoms with E-state index in [1.54, 1.807) is 23.5 Å². The molecule has 2 aromatic rings. The first-order chi connectivity index (χ1) is 10.6. The van der Waals surface area contributed by atoms with E-state index in [0.717, 1.165) is 28.4 Å². The van der Waals surface area contributed by atoms with Crippen molar-refractivity contribution in [2.75, 3.05) is 5.75 Å². The van der Waals surface area contributed by atoms with Crippen LogP contribution in [0.2, 0.25) is 0 Å². The van der Waals surface area contributed by atoms with Crippen LogP contribution in [0.1, 0.15) is 28.7 Å². The summed E-state index contributed by atoms with van der Waals surface area (Å²) in [6, 6.07) is 6.32. The zero-order valence-electron chi connectivity index (χ0n) is 11.8. The van der Waals surface area contributed by atoms with Crippen LogP contribution in [0.3, 0.4) is 0 Å². The maximum atomic E-state index is 10.6. The van der Waals surface area contributed by atoms with Crippen LogP contribution in [0, 0.1) is 10.1 Å². The number of non-ortho nitro benzene ring substituents is 1. The topological polar surface area (TPSA) is 82.0 Å². The summed E-state index contributed by atoms with van der Waals surface area (Å²) >= 11 is 3.46. The Labute approximate surface area is 136 Å². The van der Waals surface area contributed by atoms with E-state index in [4.69, 9.17) is 5.73 Å². The number of nitrogens with zero attached hydrogens (tertiary/aromatic N) is 2. The van der Waals surface area contributed by atoms with Crippen LogP contribution in [0.15, 0.2) is 35.7 Å². The molecule has 5 nitrogen and oxygen atoms in total. The van der Waals surface area contributed by atoms with Crippen molar-refractivity contribution in [3.63, 3.8) is 0 Å². The van der Waals surface area contributed by atoms with Gasteiger partial charge in [-0.15, -0.1) is 23.1 Å². The Kier molecular flexibility index (Phi) is 4.56. The van der Waals surface area contributed by atoms with Gasteiger partial charge < -0.3 is 5.73 Å². The minimum absolute atomic E-state index is 0.0958. The van der Waals surface area contributed by atoms with Gasteiger partial charge in [0.2, 0.25) is 0 Å². The lowest BCUT2D eigenvalue weighted by Gasteiger charge is -2.08. The van der Waals surface area contributed by atoms with Crippen molar-refractivity contribution in [3.8, 4) is 0 Å². The third-order valence-electron chi connectivity index (χ3n) is 3.42. The van der Waals surface area contributed by atoms with Crippen molar-refractivity contribution >= 4 is 33.7 Å². The minimum Gasteiger partial charge on any atom is -0.322 e. The third-order valence-corrected chi connectivity index (χ3v) is 5.55. The van der Waals surface area contributed by atoms with Crippen LogP contribution in [-0.4, -0.2) is 15.7 Å². The number of thiazole rings is 1. The lowest BCUT2D eigenvalue weighted by Crippen LogP contribution is -2.13. The molecular formula is C15H15N3O2S2. The molecule has 22 heavy (non-hydrogen) atoms. The molecular weight excluding hydrogens is 318 g/mol. The number of nitro groups is 1. The van der Waals surface area contributed by atoms with Crippen LogP contribution in [0.4, 0.5) is 5.69 Å². The van der Waals surface area contributed by atoms with Gasteiger partial charge in [-0.2, -0.15) is 0 Å². The number of hydrogen-bond donors (Lipinski definition) is 1. The first kappa shape index (κ1) is 15.2. The summed E-state index contributed by atoms with van der Waals surface area (Å²) in [4.78, 5) is 16.1. The van der Waals surface area contributed by atoms with Crippen molar-refractivity contribution in [3.05, 3.63) is 62.1 Å². The van der Waals surface area contributed by atoms with Gasteiger partial charge in [0.15, 0.2) is 0 Å². The number of benzene rings is 1. The maximum absolute atomic E-state index is 10.6. The van der Waals surface area contributed by atoms with E-state index < -0.39 is 4.92 Å². The van der Waals surface area contributed by atoms with Crippen molar-refractivity contribution in [1.82, 2.24) is 4.98 Å². The number of allylic oxidation sites excluding steroid dienone is 1. The summed E-state index contributed by atoms with van der Waals surface area (Å²) in [6.07, 6.45) is 3.94. The lowest BCUT2D eigenvalue weighted by atomic mass is 10.0. The van der Waals surface area contributed by atoms with E-state index in [9.17, 15) is 10.1 Å². The second kappa shape index (κ2) is 6.60. The molecule has 1 atom stereocenters. The van der Waals surface area contributed by atoms with Crippen LogP contribution >= 0.6 is 23.1 Å². The summed E-state index contributed by atoms with van der Waals surface area (Å²) in [5, 5.41) is 13.7. The highest BCUT2D eigenvalue weighted by molar-refractivity contribution is 8.08. The van der Waals surface area contributed by atoms with E-state index in [1.165, 1.54) is 17.0 Å². The zero-order valence-corrected chi connectivity index (χ0v) is 13.4. The quantitative estimate of drug-likeness (QED) is 0.665. The summed E-state index contributed by atoms with van der Waals surface area (Å²) < 4.78 is 0. The molecule has 0 fully saturated rings. The highest BCUT2D eigenvalue weighted by Crippen LogP contribution is 2.36. The average Bonchev–Trinajstić information content (AvgIpc) is 3.19. The minimum atomic E-state index is -0.399. The second-order valence-corrected chi connectivity index (χ2v) is 7.01. The van der Waals surface area contributed by atoms with Crippen molar-refractivity contribution in [2.24, 2.45) is 5.73 Å². The highest BCUT2D eigenvalue weighted by atomic mass is 32.2. The van der Waals surface area contributed by atoms with E-state index in [-0.39, 0.29) is 11.7 Å². The Morgan fingerprint density at radius 2 is 2.14 bits per heavy atom. The van der Waals surface area contributed by atoms with Crippen molar-refractivity contribution < 1.29 is 4.92 Å². The van der Waals surface area contributed by atoms with E-state index in [2.05, 4.69) is 11.1 Å². The van der Waals surface area contributed by atoms with Gasteiger partial charge in [-0.05, 0) is 18.4 Å². The predicted octanol–water partition coefficient (Wildman–Crippen LogP) is 3.77. The monoisotopic (exact) mass is 333 g/mol. The number of nitrogens with two attached hydrogens (primary N) is 1. The average molecular weight is 333 g/mol. The van der Waals surface area contributed by atoms with E-state index in [1.807, 2.05) is 17.1 Å². The first-order valence-electron chi connectivity index (χ1n) is 6.91. The largest absolute Gasteiger partial charge is 0.322 e. The van der Waals surface area contributed by atoms with Crippen LogP contribution in [-0.2, 0) is 6.42 Å². The number of hydrogen-bond acceptors (Lipinski definition) is 6. The SMILES string of the molecule is N[C@@H](Cc1ccc([N+](=O)[O-])cc1)c1csc(C2=CCCS2)n1. The molecule has 0 unspecified atom stereocenters. The summed E-state index contributed by atoms with van der Waals surface area (Å²) in [5.74, 6) is 1.12. The Balaban J connectivity index is 1.68. The Hall–Kier alpha value is -1.70. The van der Waals surface area contributed by atoms with Gasteiger partial charge in [-0.25, -0.2) is 4.98 Å². The fourth-order valence-corrected chi connectivity index (χ4v) is 4.25. The third kappa shape index (κ3) is 3.37. The maximum Gasteiger partial charge on any atom is 0.269 e. The van der Waals surface area contributed by atoms with Crippen LogP contribution < -0.4 is 5.73 Å². The standard InChI is InChI=1S/C15H15N3O2S2/c16-12(8-10-3-5-11(6-4-10)18(19)20)13-9-22-15(17-13)14-2-1-7-21-14/h2-6,9,12H,1,7-8,16H2/t12-/m0/s1. The summed E-state index contributed by atoms with van der Waals surface area (Å²) in [6.45, 7) is 0. The molecule has 0 radical (unpaired) electrons. The molecule has 0 spiro atoms. The van der Waals surface area contributed by atoms with Crippen LogP contribution in [0.25, 0.3) is 4.91 Å². The van der Waals surface area contributed by atoms with Gasteiger partial charge in [0.25, 0.3) is 5.69 Å². The molecule has 2 N–H and O–H groups in total. The fraction of sp³-hybridized carbons (Fsp3) is 0.267. The van der Waals surface area contributed by atoms with Gasteiger partial charge in [0.1, 0.15) is 5.01 Å². The Morgan fingerprint density at radius 1 is 1.36 bits per heavy atom. The molecule has 114 valence electrons.